The molecule has 0 heterocycles. The van der Waals surface area contributed by atoms with Crippen LogP contribution in [-0.4, -0.2) is 24.1 Å². The highest BCUT2D eigenvalue weighted by Gasteiger charge is 2.07. The molecule has 0 saturated heterocycles. The number of carbonyl (C=O) groups is 1. The lowest BCUT2D eigenvalue weighted by molar-refractivity contribution is 0.250. The molecular weight excluding hydrogens is 246 g/mol. The Hall–Kier alpha value is -1.20. The van der Waals surface area contributed by atoms with Crippen LogP contribution in [0.3, 0.4) is 0 Å². The van der Waals surface area contributed by atoms with Crippen molar-refractivity contribution in [3.63, 3.8) is 0 Å². The molecule has 0 aromatic heterocycles. The normalized spacial score (nSPS) is 13.8. The third kappa shape index (κ3) is 4.98. The Kier molecular flexibility index (Phi) is 6.01. The van der Waals surface area contributed by atoms with Crippen molar-refractivity contribution in [1.82, 2.24) is 5.32 Å². The van der Waals surface area contributed by atoms with Gasteiger partial charge in [0, 0.05) is 23.5 Å². The maximum Gasteiger partial charge on any atom is 0.319 e. The van der Waals surface area contributed by atoms with Crippen molar-refractivity contribution < 1.29 is 4.79 Å². The Morgan fingerprint density at radius 3 is 2.78 bits per heavy atom. The van der Waals surface area contributed by atoms with Crippen LogP contribution in [0.4, 0.5) is 10.5 Å². The largest absolute Gasteiger partial charge is 0.335 e. The first-order valence-electron chi connectivity index (χ1n) is 5.95. The Morgan fingerprint density at radius 2 is 2.17 bits per heavy atom. The Bertz CT molecular complexity index is 396. The van der Waals surface area contributed by atoms with Gasteiger partial charge in [0.15, 0.2) is 0 Å². The highest BCUT2D eigenvalue weighted by molar-refractivity contribution is 7.98. The van der Waals surface area contributed by atoms with Crippen molar-refractivity contribution >= 4 is 23.5 Å². The summed E-state index contributed by atoms with van der Waals surface area (Å²) in [5.74, 6) is 0.896. The van der Waals surface area contributed by atoms with Gasteiger partial charge < -0.3 is 16.4 Å². The second-order valence-corrected chi connectivity index (χ2v) is 5.28. The van der Waals surface area contributed by atoms with Gasteiger partial charge in [-0.05, 0) is 37.8 Å². The summed E-state index contributed by atoms with van der Waals surface area (Å²) in [6.07, 6.45) is 2.02. The van der Waals surface area contributed by atoms with Crippen LogP contribution in [0.1, 0.15) is 25.5 Å². The van der Waals surface area contributed by atoms with E-state index in [1.807, 2.05) is 44.4 Å². The van der Waals surface area contributed by atoms with E-state index in [0.29, 0.717) is 0 Å². The van der Waals surface area contributed by atoms with Gasteiger partial charge in [-0.15, -0.1) is 0 Å². The van der Waals surface area contributed by atoms with Gasteiger partial charge in [0.1, 0.15) is 0 Å². The first-order chi connectivity index (χ1) is 8.52. The molecule has 2 atom stereocenters. The van der Waals surface area contributed by atoms with E-state index in [-0.39, 0.29) is 18.1 Å². The molecule has 1 aromatic rings. The van der Waals surface area contributed by atoms with Crippen LogP contribution in [0.25, 0.3) is 0 Å². The summed E-state index contributed by atoms with van der Waals surface area (Å²) in [6.45, 7) is 3.90. The molecule has 0 aliphatic rings. The van der Waals surface area contributed by atoms with E-state index in [2.05, 4.69) is 10.6 Å². The van der Waals surface area contributed by atoms with Gasteiger partial charge in [-0.3, -0.25) is 0 Å². The fourth-order valence-electron chi connectivity index (χ4n) is 1.58. The molecule has 1 rings (SSSR count). The lowest BCUT2D eigenvalue weighted by Crippen LogP contribution is -2.37. The van der Waals surface area contributed by atoms with Gasteiger partial charge in [-0.1, -0.05) is 12.1 Å². The van der Waals surface area contributed by atoms with E-state index in [4.69, 9.17) is 5.73 Å². The minimum Gasteiger partial charge on any atom is -0.335 e. The van der Waals surface area contributed by atoms with Crippen LogP contribution in [0.5, 0.6) is 0 Å². The van der Waals surface area contributed by atoms with Crippen molar-refractivity contribution in [3.05, 3.63) is 29.8 Å². The van der Waals surface area contributed by atoms with Crippen LogP contribution < -0.4 is 16.4 Å². The topological polar surface area (TPSA) is 67.2 Å². The Balaban J connectivity index is 2.56. The number of amides is 2. The van der Waals surface area contributed by atoms with Crippen LogP contribution in [0, 0.1) is 0 Å². The average molecular weight is 267 g/mol. The molecule has 100 valence electrons. The van der Waals surface area contributed by atoms with E-state index < -0.39 is 0 Å². The van der Waals surface area contributed by atoms with Crippen LogP contribution >= 0.6 is 11.8 Å². The third-order valence-corrected chi connectivity index (χ3v) is 3.30. The minimum atomic E-state index is -0.182. The summed E-state index contributed by atoms with van der Waals surface area (Å²) in [6, 6.07) is 7.51. The van der Waals surface area contributed by atoms with Gasteiger partial charge >= 0.3 is 6.03 Å². The number of urea groups is 1. The number of nitrogens with two attached hydrogens (primary N) is 1. The maximum atomic E-state index is 11.7. The fourth-order valence-corrected chi connectivity index (χ4v) is 2.17. The molecule has 1 aromatic carbocycles. The Labute approximate surface area is 113 Å². The van der Waals surface area contributed by atoms with E-state index >= 15 is 0 Å². The van der Waals surface area contributed by atoms with Crippen LogP contribution in [0.2, 0.25) is 0 Å². The first kappa shape index (κ1) is 14.9. The molecule has 0 fully saturated rings. The van der Waals surface area contributed by atoms with Crippen molar-refractivity contribution in [2.24, 2.45) is 5.73 Å². The summed E-state index contributed by atoms with van der Waals surface area (Å²) in [4.78, 5) is 11.7. The molecule has 0 bridgehead atoms. The molecule has 0 aliphatic carbocycles. The SMILES string of the molecule is CSCC(C)NC(=O)Nc1cccc(C(C)N)c1. The summed E-state index contributed by atoms with van der Waals surface area (Å²) < 4.78 is 0. The maximum absolute atomic E-state index is 11.7. The predicted octanol–water partition coefficient (Wildman–Crippen LogP) is 2.58. The van der Waals surface area contributed by atoms with E-state index in [9.17, 15) is 4.79 Å². The molecule has 2 unspecified atom stereocenters. The molecule has 5 heteroatoms. The first-order valence-corrected chi connectivity index (χ1v) is 7.34. The highest BCUT2D eigenvalue weighted by atomic mass is 32.2. The monoisotopic (exact) mass is 267 g/mol. The highest BCUT2D eigenvalue weighted by Crippen LogP contribution is 2.15. The van der Waals surface area contributed by atoms with E-state index in [1.165, 1.54) is 0 Å². The van der Waals surface area contributed by atoms with Crippen molar-refractivity contribution in [1.29, 1.82) is 0 Å². The zero-order chi connectivity index (χ0) is 13.5. The number of thioether (sulfide) groups is 1. The second-order valence-electron chi connectivity index (χ2n) is 4.37. The predicted molar refractivity (Wildman–Crippen MR) is 79.0 cm³/mol. The van der Waals surface area contributed by atoms with Gasteiger partial charge in [0.2, 0.25) is 0 Å². The average Bonchev–Trinajstić information content (AvgIpc) is 2.29. The standard InChI is InChI=1S/C13H21N3OS/c1-9(8-18-3)15-13(17)16-12-6-4-5-11(7-12)10(2)14/h4-7,9-10H,8,14H2,1-3H3,(H2,15,16,17). The van der Waals surface area contributed by atoms with Gasteiger partial charge in [-0.2, -0.15) is 11.8 Å². The van der Waals surface area contributed by atoms with Crippen molar-refractivity contribution in [3.8, 4) is 0 Å². The fraction of sp³-hybridized carbons (Fsp3) is 0.462. The second kappa shape index (κ2) is 7.28. The summed E-state index contributed by atoms with van der Waals surface area (Å²) in [5.41, 5.74) is 7.57. The molecule has 4 N–H and O–H groups in total. The molecular formula is C13H21N3OS. The quantitative estimate of drug-likeness (QED) is 0.768. The number of nitrogens with one attached hydrogen (secondary N) is 2. The van der Waals surface area contributed by atoms with Gasteiger partial charge in [0.25, 0.3) is 0 Å². The van der Waals surface area contributed by atoms with Crippen molar-refractivity contribution in [2.45, 2.75) is 25.9 Å². The third-order valence-electron chi connectivity index (χ3n) is 2.46. The van der Waals surface area contributed by atoms with Gasteiger partial charge in [-0.25, -0.2) is 4.79 Å². The van der Waals surface area contributed by atoms with Crippen LogP contribution in [-0.2, 0) is 0 Å². The molecule has 0 saturated carbocycles. The number of carbonyl (C=O) groups excluding carboxylic acids is 1. The van der Waals surface area contributed by atoms with E-state index in [0.717, 1.165) is 17.0 Å². The zero-order valence-corrected chi connectivity index (χ0v) is 11.9. The zero-order valence-electron chi connectivity index (χ0n) is 11.1. The molecule has 2 amide bonds. The molecule has 0 radical (unpaired) electrons. The molecule has 0 aliphatic heterocycles. The van der Waals surface area contributed by atoms with Crippen LogP contribution in [0.15, 0.2) is 24.3 Å². The summed E-state index contributed by atoms with van der Waals surface area (Å²) in [7, 11) is 0. The minimum absolute atomic E-state index is 0.0368. The number of hydrogen-bond acceptors (Lipinski definition) is 3. The van der Waals surface area contributed by atoms with Gasteiger partial charge in [0.05, 0.1) is 0 Å². The number of hydrogen-bond donors (Lipinski definition) is 3. The molecule has 4 nitrogen and oxygen atoms in total. The Morgan fingerprint density at radius 1 is 1.44 bits per heavy atom. The lowest BCUT2D eigenvalue weighted by atomic mass is 10.1. The summed E-state index contributed by atoms with van der Waals surface area (Å²) >= 11 is 1.71. The smallest absolute Gasteiger partial charge is 0.319 e. The summed E-state index contributed by atoms with van der Waals surface area (Å²) in [5, 5.41) is 5.69. The lowest BCUT2D eigenvalue weighted by Gasteiger charge is -2.14. The number of anilines is 1. The molecule has 0 spiro atoms. The van der Waals surface area contributed by atoms with E-state index in [1.54, 1.807) is 11.8 Å². The number of rotatable bonds is 5. The molecule has 18 heavy (non-hydrogen) atoms. The number of benzene rings is 1. The van der Waals surface area contributed by atoms with Crippen molar-refractivity contribution in [2.75, 3.05) is 17.3 Å².